The SMILES string of the molecule is COc1ccc(C(=O)O[C@@H](C)C(=O)NC2CCCCCC2)cc1Br. The molecule has 1 amide bonds. The summed E-state index contributed by atoms with van der Waals surface area (Å²) in [6.45, 7) is 1.60. The fourth-order valence-corrected chi connectivity index (χ4v) is 3.36. The van der Waals surface area contributed by atoms with Gasteiger partial charge in [-0.2, -0.15) is 0 Å². The second-order valence-corrected chi connectivity index (χ2v) is 6.95. The van der Waals surface area contributed by atoms with Crippen molar-refractivity contribution in [3.8, 4) is 5.75 Å². The summed E-state index contributed by atoms with van der Waals surface area (Å²) in [5, 5.41) is 3.00. The number of rotatable bonds is 5. The van der Waals surface area contributed by atoms with E-state index in [1.54, 1.807) is 32.2 Å². The minimum absolute atomic E-state index is 0.191. The summed E-state index contributed by atoms with van der Waals surface area (Å²) >= 11 is 3.33. The van der Waals surface area contributed by atoms with Crippen LogP contribution < -0.4 is 10.1 Å². The fraction of sp³-hybridized carbons (Fsp3) is 0.556. The van der Waals surface area contributed by atoms with Crippen LogP contribution in [0.25, 0.3) is 0 Å². The number of halogens is 1. The van der Waals surface area contributed by atoms with E-state index in [2.05, 4.69) is 21.2 Å². The normalized spacial score (nSPS) is 16.8. The van der Waals surface area contributed by atoms with E-state index in [-0.39, 0.29) is 11.9 Å². The Hall–Kier alpha value is -1.56. The Morgan fingerprint density at radius 3 is 2.46 bits per heavy atom. The highest BCUT2D eigenvalue weighted by molar-refractivity contribution is 9.10. The van der Waals surface area contributed by atoms with Gasteiger partial charge in [-0.25, -0.2) is 4.79 Å². The zero-order chi connectivity index (χ0) is 17.5. The maximum Gasteiger partial charge on any atom is 0.338 e. The highest BCUT2D eigenvalue weighted by Crippen LogP contribution is 2.26. The second-order valence-electron chi connectivity index (χ2n) is 6.09. The molecule has 24 heavy (non-hydrogen) atoms. The standard InChI is InChI=1S/C18H24BrNO4/c1-12(17(21)20-14-7-5-3-4-6-8-14)24-18(22)13-9-10-16(23-2)15(19)11-13/h9-12,14H,3-8H2,1-2H3,(H,20,21)/t12-/m0/s1. The molecular formula is C18H24BrNO4. The molecule has 0 aromatic heterocycles. The van der Waals surface area contributed by atoms with Crippen molar-refractivity contribution in [3.05, 3.63) is 28.2 Å². The first-order valence-electron chi connectivity index (χ1n) is 8.36. The Morgan fingerprint density at radius 2 is 1.88 bits per heavy atom. The Balaban J connectivity index is 1.90. The third-order valence-electron chi connectivity index (χ3n) is 4.24. The second kappa shape index (κ2) is 9.06. The highest BCUT2D eigenvalue weighted by atomic mass is 79.9. The summed E-state index contributed by atoms with van der Waals surface area (Å²) in [4.78, 5) is 24.4. The lowest BCUT2D eigenvalue weighted by atomic mass is 10.1. The molecule has 0 unspecified atom stereocenters. The Labute approximate surface area is 151 Å². The number of amides is 1. The summed E-state index contributed by atoms with van der Waals surface area (Å²) < 4.78 is 11.1. The topological polar surface area (TPSA) is 64.6 Å². The highest BCUT2D eigenvalue weighted by Gasteiger charge is 2.22. The molecule has 1 fully saturated rings. The van der Waals surface area contributed by atoms with Crippen molar-refractivity contribution < 1.29 is 19.1 Å². The molecule has 1 atom stereocenters. The molecule has 0 aliphatic heterocycles. The van der Waals surface area contributed by atoms with Crippen molar-refractivity contribution in [1.82, 2.24) is 5.32 Å². The molecule has 132 valence electrons. The van der Waals surface area contributed by atoms with E-state index in [1.807, 2.05) is 0 Å². The third-order valence-corrected chi connectivity index (χ3v) is 4.86. The van der Waals surface area contributed by atoms with Gasteiger partial charge in [0.2, 0.25) is 0 Å². The van der Waals surface area contributed by atoms with Gasteiger partial charge in [-0.05, 0) is 53.9 Å². The molecule has 6 heteroatoms. The molecule has 1 aromatic rings. The minimum Gasteiger partial charge on any atom is -0.496 e. The summed E-state index contributed by atoms with van der Waals surface area (Å²) in [7, 11) is 1.55. The van der Waals surface area contributed by atoms with Gasteiger partial charge < -0.3 is 14.8 Å². The van der Waals surface area contributed by atoms with Crippen molar-refractivity contribution in [1.29, 1.82) is 0 Å². The molecule has 0 bridgehead atoms. The number of methoxy groups -OCH3 is 1. The van der Waals surface area contributed by atoms with Gasteiger partial charge in [0.05, 0.1) is 17.1 Å². The average molecular weight is 398 g/mol. The summed E-state index contributed by atoms with van der Waals surface area (Å²) in [6, 6.07) is 5.10. The lowest BCUT2D eigenvalue weighted by Gasteiger charge is -2.19. The number of hydrogen-bond acceptors (Lipinski definition) is 4. The van der Waals surface area contributed by atoms with Crippen LogP contribution in [0.3, 0.4) is 0 Å². The number of ether oxygens (including phenoxy) is 2. The van der Waals surface area contributed by atoms with Crippen LogP contribution in [0.1, 0.15) is 55.8 Å². The van der Waals surface area contributed by atoms with E-state index >= 15 is 0 Å². The Bertz CT molecular complexity index is 582. The van der Waals surface area contributed by atoms with Crippen LogP contribution in [0.15, 0.2) is 22.7 Å². The van der Waals surface area contributed by atoms with Crippen LogP contribution in [-0.2, 0) is 9.53 Å². The predicted octanol–water partition coefficient (Wildman–Crippen LogP) is 3.84. The smallest absolute Gasteiger partial charge is 0.338 e. The van der Waals surface area contributed by atoms with Crippen LogP contribution in [-0.4, -0.2) is 31.1 Å². The lowest BCUT2D eigenvalue weighted by molar-refractivity contribution is -0.129. The van der Waals surface area contributed by atoms with Gasteiger partial charge in [0.25, 0.3) is 5.91 Å². The summed E-state index contributed by atoms with van der Waals surface area (Å²) in [6.07, 6.45) is 5.90. The molecule has 0 radical (unpaired) electrons. The molecule has 5 nitrogen and oxygen atoms in total. The summed E-state index contributed by atoms with van der Waals surface area (Å²) in [5.74, 6) is -0.129. The first kappa shape index (κ1) is 18.8. The largest absolute Gasteiger partial charge is 0.496 e. The maximum absolute atomic E-state index is 12.2. The zero-order valence-corrected chi connectivity index (χ0v) is 15.7. The van der Waals surface area contributed by atoms with E-state index in [0.717, 1.165) is 25.7 Å². The fourth-order valence-electron chi connectivity index (χ4n) is 2.82. The van der Waals surface area contributed by atoms with Crippen molar-refractivity contribution in [2.45, 2.75) is 57.6 Å². The van der Waals surface area contributed by atoms with Gasteiger partial charge in [0.1, 0.15) is 5.75 Å². The van der Waals surface area contributed by atoms with E-state index < -0.39 is 12.1 Å². The molecule has 1 aliphatic rings. The first-order chi connectivity index (χ1) is 11.5. The predicted molar refractivity (Wildman–Crippen MR) is 95.2 cm³/mol. The number of nitrogens with one attached hydrogen (secondary N) is 1. The molecule has 0 saturated heterocycles. The van der Waals surface area contributed by atoms with E-state index in [9.17, 15) is 9.59 Å². The van der Waals surface area contributed by atoms with Gasteiger partial charge >= 0.3 is 5.97 Å². The summed E-state index contributed by atoms with van der Waals surface area (Å²) in [5.41, 5.74) is 0.372. The van der Waals surface area contributed by atoms with E-state index in [4.69, 9.17) is 9.47 Å². The van der Waals surface area contributed by atoms with Crippen LogP contribution in [0.5, 0.6) is 5.75 Å². The average Bonchev–Trinajstić information content (AvgIpc) is 2.83. The molecule has 0 spiro atoms. The molecule has 1 N–H and O–H groups in total. The van der Waals surface area contributed by atoms with Crippen molar-refractivity contribution in [2.75, 3.05) is 7.11 Å². The van der Waals surface area contributed by atoms with Crippen molar-refractivity contribution in [2.24, 2.45) is 0 Å². The molecule has 2 rings (SSSR count). The lowest BCUT2D eigenvalue weighted by Crippen LogP contribution is -2.41. The number of carbonyl (C=O) groups is 2. The number of carbonyl (C=O) groups excluding carboxylic acids is 2. The van der Waals surface area contributed by atoms with Crippen LogP contribution in [0.4, 0.5) is 0 Å². The van der Waals surface area contributed by atoms with Crippen molar-refractivity contribution in [3.63, 3.8) is 0 Å². The zero-order valence-electron chi connectivity index (χ0n) is 14.1. The Morgan fingerprint density at radius 1 is 1.21 bits per heavy atom. The molecule has 1 aromatic carbocycles. The number of benzene rings is 1. The third kappa shape index (κ3) is 5.23. The van der Waals surface area contributed by atoms with E-state index in [1.165, 1.54) is 12.8 Å². The van der Waals surface area contributed by atoms with Gasteiger partial charge in [-0.1, -0.05) is 25.7 Å². The van der Waals surface area contributed by atoms with Crippen LogP contribution in [0, 0.1) is 0 Å². The van der Waals surface area contributed by atoms with Crippen LogP contribution in [0.2, 0.25) is 0 Å². The monoisotopic (exact) mass is 397 g/mol. The molecule has 0 heterocycles. The first-order valence-corrected chi connectivity index (χ1v) is 9.15. The molecular weight excluding hydrogens is 374 g/mol. The van der Waals surface area contributed by atoms with Crippen LogP contribution >= 0.6 is 15.9 Å². The van der Waals surface area contributed by atoms with Gasteiger partial charge in [0.15, 0.2) is 6.10 Å². The minimum atomic E-state index is -0.818. The number of hydrogen-bond donors (Lipinski definition) is 1. The molecule has 1 aliphatic carbocycles. The molecule has 1 saturated carbocycles. The van der Waals surface area contributed by atoms with Gasteiger partial charge in [-0.3, -0.25) is 4.79 Å². The van der Waals surface area contributed by atoms with E-state index in [0.29, 0.717) is 15.8 Å². The maximum atomic E-state index is 12.2. The van der Waals surface area contributed by atoms with Crippen molar-refractivity contribution >= 4 is 27.8 Å². The van der Waals surface area contributed by atoms with Gasteiger partial charge in [0, 0.05) is 6.04 Å². The Kier molecular flexibility index (Phi) is 7.09. The number of esters is 1. The quantitative estimate of drug-likeness (QED) is 0.605. The van der Waals surface area contributed by atoms with Gasteiger partial charge in [-0.15, -0.1) is 0 Å².